The van der Waals surface area contributed by atoms with Crippen LogP contribution in [0.1, 0.15) is 46.2 Å². The Morgan fingerprint density at radius 2 is 1.80 bits per heavy atom. The van der Waals surface area contributed by atoms with Crippen LogP contribution in [0.2, 0.25) is 0 Å². The predicted octanol–water partition coefficient (Wildman–Crippen LogP) is 2.86. The van der Waals surface area contributed by atoms with Crippen molar-refractivity contribution < 1.29 is 24.1 Å². The zero-order valence-electron chi connectivity index (χ0n) is 15.4. The number of hydrogen-bond donors (Lipinski definition) is 1. The number of ether oxygens (including phenoxy) is 3. The number of nitrogens with zero attached hydrogens (tertiary/aromatic N) is 1. The van der Waals surface area contributed by atoms with E-state index in [1.165, 1.54) is 0 Å². The molecule has 138 valence electrons. The van der Waals surface area contributed by atoms with Crippen molar-refractivity contribution in [3.8, 4) is 0 Å². The zero-order valence-corrected chi connectivity index (χ0v) is 15.4. The Hall–Kier alpha value is -1.63. The molecule has 0 unspecified atom stereocenters. The molecule has 25 heavy (non-hydrogen) atoms. The molecule has 3 rings (SSSR count). The number of carbonyl (C=O) groups is 1. The van der Waals surface area contributed by atoms with Crippen molar-refractivity contribution in [3.63, 3.8) is 0 Å². The van der Waals surface area contributed by atoms with Crippen LogP contribution >= 0.6 is 0 Å². The molecule has 0 bridgehead atoms. The van der Waals surface area contributed by atoms with Crippen molar-refractivity contribution in [1.82, 2.24) is 4.90 Å². The van der Waals surface area contributed by atoms with E-state index < -0.39 is 29.6 Å². The van der Waals surface area contributed by atoms with E-state index in [0.29, 0.717) is 0 Å². The average molecular weight is 349 g/mol. The summed E-state index contributed by atoms with van der Waals surface area (Å²) in [5, 5.41) is 9.98. The van der Waals surface area contributed by atoms with Gasteiger partial charge >= 0.3 is 6.09 Å². The smallest absolute Gasteiger partial charge is 0.411 e. The first-order valence-corrected chi connectivity index (χ1v) is 8.66. The van der Waals surface area contributed by atoms with E-state index in [9.17, 15) is 9.90 Å². The van der Waals surface area contributed by atoms with Crippen LogP contribution in [0.3, 0.4) is 0 Å². The van der Waals surface area contributed by atoms with E-state index in [1.54, 1.807) is 4.90 Å². The summed E-state index contributed by atoms with van der Waals surface area (Å²) in [5.41, 5.74) is 0.303. The summed E-state index contributed by atoms with van der Waals surface area (Å²) in [4.78, 5) is 14.5. The number of aliphatic hydroxyl groups excluding tert-OH is 1. The van der Waals surface area contributed by atoms with Crippen molar-refractivity contribution in [1.29, 1.82) is 0 Å². The second-order valence-electron chi connectivity index (χ2n) is 8.06. The molecule has 0 radical (unpaired) electrons. The largest absolute Gasteiger partial charge is 0.444 e. The second kappa shape index (κ2) is 6.27. The highest BCUT2D eigenvalue weighted by atomic mass is 16.8. The van der Waals surface area contributed by atoms with Gasteiger partial charge < -0.3 is 19.3 Å². The molecule has 2 fully saturated rings. The maximum absolute atomic E-state index is 12.9. The molecule has 6 heteroatoms. The van der Waals surface area contributed by atoms with Crippen LogP contribution in [0.5, 0.6) is 0 Å². The van der Waals surface area contributed by atoms with Gasteiger partial charge in [-0.25, -0.2) is 4.79 Å². The van der Waals surface area contributed by atoms with Crippen LogP contribution in [0.4, 0.5) is 4.79 Å². The van der Waals surface area contributed by atoms with Gasteiger partial charge in [0.2, 0.25) is 0 Å². The number of benzene rings is 1. The van der Waals surface area contributed by atoms with Crippen molar-refractivity contribution in [2.75, 3.05) is 6.61 Å². The van der Waals surface area contributed by atoms with E-state index in [-0.39, 0.29) is 18.8 Å². The van der Waals surface area contributed by atoms with Crippen molar-refractivity contribution in [2.45, 2.75) is 70.3 Å². The van der Waals surface area contributed by atoms with E-state index in [0.717, 1.165) is 5.56 Å². The van der Waals surface area contributed by atoms with Crippen LogP contribution in [0.15, 0.2) is 30.3 Å². The van der Waals surface area contributed by atoms with Crippen LogP contribution in [-0.4, -0.2) is 52.3 Å². The molecular weight excluding hydrogens is 322 g/mol. The molecule has 0 saturated carbocycles. The van der Waals surface area contributed by atoms with Crippen LogP contribution in [0.25, 0.3) is 0 Å². The first-order valence-electron chi connectivity index (χ1n) is 8.66. The van der Waals surface area contributed by atoms with E-state index in [4.69, 9.17) is 14.2 Å². The molecule has 2 saturated heterocycles. The fraction of sp³-hybridized carbons (Fsp3) is 0.632. The third-order valence-corrected chi connectivity index (χ3v) is 4.44. The van der Waals surface area contributed by atoms with Gasteiger partial charge in [0.05, 0.1) is 18.7 Å². The molecule has 0 spiro atoms. The molecule has 0 aliphatic carbocycles. The van der Waals surface area contributed by atoms with Gasteiger partial charge in [-0.2, -0.15) is 0 Å². The highest BCUT2D eigenvalue weighted by Crippen LogP contribution is 2.47. The number of carbonyl (C=O) groups excluding carboxylic acids is 1. The monoisotopic (exact) mass is 349 g/mol. The Morgan fingerprint density at radius 3 is 2.36 bits per heavy atom. The molecule has 1 aromatic rings. The van der Waals surface area contributed by atoms with Crippen LogP contribution in [-0.2, 0) is 14.2 Å². The molecule has 2 aliphatic rings. The number of amides is 1. The summed E-state index contributed by atoms with van der Waals surface area (Å²) in [6.45, 7) is 8.94. The molecule has 4 atom stereocenters. The number of fused-ring (bicyclic) bond motifs is 1. The Morgan fingerprint density at radius 1 is 1.20 bits per heavy atom. The Balaban J connectivity index is 2.00. The van der Waals surface area contributed by atoms with Crippen molar-refractivity contribution in [2.24, 2.45) is 0 Å². The second-order valence-corrected chi connectivity index (χ2v) is 8.06. The van der Waals surface area contributed by atoms with Gasteiger partial charge in [0, 0.05) is 0 Å². The van der Waals surface area contributed by atoms with E-state index in [2.05, 4.69) is 0 Å². The minimum atomic E-state index is -0.754. The first-order chi connectivity index (χ1) is 11.6. The van der Waals surface area contributed by atoms with Gasteiger partial charge in [-0.15, -0.1) is 0 Å². The third-order valence-electron chi connectivity index (χ3n) is 4.44. The molecule has 6 nitrogen and oxygen atoms in total. The van der Waals surface area contributed by atoms with Crippen molar-refractivity contribution in [3.05, 3.63) is 35.9 Å². The molecule has 1 amide bonds. The summed E-state index contributed by atoms with van der Waals surface area (Å²) >= 11 is 0. The molecule has 0 aromatic heterocycles. The van der Waals surface area contributed by atoms with Gasteiger partial charge in [-0.3, -0.25) is 4.90 Å². The third kappa shape index (κ3) is 3.52. The number of rotatable bonds is 2. The Labute approximate surface area is 148 Å². The number of aliphatic hydroxyl groups is 1. The fourth-order valence-electron chi connectivity index (χ4n) is 3.64. The predicted molar refractivity (Wildman–Crippen MR) is 92.0 cm³/mol. The summed E-state index contributed by atoms with van der Waals surface area (Å²) in [7, 11) is 0. The molecule has 2 heterocycles. The van der Waals surface area contributed by atoms with Crippen LogP contribution in [0, 0.1) is 0 Å². The highest BCUT2D eigenvalue weighted by molar-refractivity contribution is 5.70. The highest BCUT2D eigenvalue weighted by Gasteiger charge is 2.60. The van der Waals surface area contributed by atoms with Gasteiger partial charge in [0.1, 0.15) is 17.8 Å². The minimum absolute atomic E-state index is 0.219. The molecule has 1 aromatic carbocycles. The summed E-state index contributed by atoms with van der Waals surface area (Å²) in [5.74, 6) is -0.754. The van der Waals surface area contributed by atoms with Gasteiger partial charge in [0.25, 0.3) is 0 Å². The van der Waals surface area contributed by atoms with Gasteiger partial charge in [0.15, 0.2) is 5.79 Å². The summed E-state index contributed by atoms with van der Waals surface area (Å²) in [6, 6.07) is 8.77. The lowest BCUT2D eigenvalue weighted by atomic mass is 10.0. The zero-order chi connectivity index (χ0) is 18.4. The number of likely N-dealkylation sites (tertiary alicyclic amines) is 1. The fourth-order valence-corrected chi connectivity index (χ4v) is 3.64. The lowest BCUT2D eigenvalue weighted by Crippen LogP contribution is -2.47. The lowest BCUT2D eigenvalue weighted by molar-refractivity contribution is -0.169. The summed E-state index contributed by atoms with van der Waals surface area (Å²) < 4.78 is 17.7. The maximum atomic E-state index is 12.9. The quantitative estimate of drug-likeness (QED) is 0.889. The molecule has 1 N–H and O–H groups in total. The number of hydrogen-bond acceptors (Lipinski definition) is 5. The first kappa shape index (κ1) is 18.2. The lowest BCUT2D eigenvalue weighted by Gasteiger charge is -2.35. The topological polar surface area (TPSA) is 68.2 Å². The Kier molecular flexibility index (Phi) is 4.56. The van der Waals surface area contributed by atoms with Crippen LogP contribution < -0.4 is 0 Å². The molecule has 2 aliphatic heterocycles. The summed E-state index contributed by atoms with van der Waals surface area (Å²) in [6.07, 6.45) is -1.24. The maximum Gasteiger partial charge on any atom is 0.411 e. The van der Waals surface area contributed by atoms with Crippen molar-refractivity contribution >= 4 is 6.09 Å². The Bertz CT molecular complexity index is 624. The molecular formula is C19H27NO5. The van der Waals surface area contributed by atoms with Gasteiger partial charge in [-0.05, 0) is 40.2 Å². The van der Waals surface area contributed by atoms with Gasteiger partial charge in [-0.1, -0.05) is 30.3 Å². The van der Waals surface area contributed by atoms with E-state index in [1.807, 2.05) is 65.0 Å². The standard InChI is InChI=1S/C19H27NO5/c1-18(2,3)25-17(22)20-13(11-21)15-16(24-19(4,5)23-15)14(20)12-9-7-6-8-10-12/h6-10,13-16,21H,11H2,1-5H3/t13-,14+,15-,16+/m1/s1. The minimum Gasteiger partial charge on any atom is -0.444 e. The SMILES string of the molecule is CC(C)(C)OC(=O)N1[C@H](CO)[C@H]2OC(C)(C)O[C@H]2[C@@H]1c1ccccc1. The average Bonchev–Trinajstić information content (AvgIpc) is 2.96. The normalized spacial score (nSPS) is 31.0. The van der Waals surface area contributed by atoms with E-state index >= 15 is 0 Å².